The summed E-state index contributed by atoms with van der Waals surface area (Å²) in [6, 6.07) is 7.04. The second kappa shape index (κ2) is 7.82. The lowest BCUT2D eigenvalue weighted by atomic mass is 9.95. The Bertz CT molecular complexity index is 522. The number of hydrogen-bond acceptors (Lipinski definition) is 3. The van der Waals surface area contributed by atoms with Crippen LogP contribution < -0.4 is 11.1 Å². The zero-order chi connectivity index (χ0) is 15.9. The van der Waals surface area contributed by atoms with Crippen LogP contribution in [0.25, 0.3) is 0 Å². The number of benzene rings is 1. The zero-order valence-corrected chi connectivity index (χ0v) is 13.2. The summed E-state index contributed by atoms with van der Waals surface area (Å²) < 4.78 is 0. The van der Waals surface area contributed by atoms with Gasteiger partial charge in [-0.25, -0.2) is 0 Å². The van der Waals surface area contributed by atoms with Crippen LogP contribution in [0.5, 0.6) is 0 Å². The fraction of sp³-hybridized carbons (Fsp3) is 0.529. The molecule has 0 bridgehead atoms. The third-order valence-corrected chi connectivity index (χ3v) is 4.12. The van der Waals surface area contributed by atoms with Crippen molar-refractivity contribution in [2.24, 2.45) is 5.92 Å². The Balaban J connectivity index is 1.84. The number of nitrogens with zero attached hydrogens (tertiary/aromatic N) is 1. The number of carbonyl (C=O) groups is 2. The minimum atomic E-state index is -0.00265. The third-order valence-electron chi connectivity index (χ3n) is 4.12. The van der Waals surface area contributed by atoms with Crippen molar-refractivity contribution in [3.63, 3.8) is 0 Å². The van der Waals surface area contributed by atoms with Gasteiger partial charge in [-0.15, -0.1) is 0 Å². The number of anilines is 1. The molecule has 5 nitrogen and oxygen atoms in total. The second-order valence-corrected chi connectivity index (χ2v) is 5.84. The van der Waals surface area contributed by atoms with Gasteiger partial charge in [0.15, 0.2) is 0 Å². The molecule has 120 valence electrons. The maximum atomic E-state index is 12.4. The van der Waals surface area contributed by atoms with E-state index in [2.05, 4.69) is 12.2 Å². The highest BCUT2D eigenvalue weighted by Gasteiger charge is 2.27. The van der Waals surface area contributed by atoms with Crippen LogP contribution in [0, 0.1) is 5.92 Å². The van der Waals surface area contributed by atoms with E-state index in [1.807, 2.05) is 4.90 Å². The van der Waals surface area contributed by atoms with Gasteiger partial charge >= 0.3 is 0 Å². The monoisotopic (exact) mass is 303 g/mol. The van der Waals surface area contributed by atoms with Crippen molar-refractivity contribution in [2.75, 3.05) is 25.4 Å². The second-order valence-electron chi connectivity index (χ2n) is 5.84. The minimum Gasteiger partial charge on any atom is -0.399 e. The van der Waals surface area contributed by atoms with Crippen LogP contribution in [0.15, 0.2) is 24.3 Å². The van der Waals surface area contributed by atoms with Crippen molar-refractivity contribution in [3.8, 4) is 0 Å². The molecule has 1 heterocycles. The lowest BCUT2D eigenvalue weighted by molar-refractivity contribution is -0.126. The molecule has 1 aromatic carbocycles. The predicted octanol–water partition coefficient (Wildman–Crippen LogP) is 2.04. The van der Waals surface area contributed by atoms with Crippen LogP contribution in [0.4, 0.5) is 5.69 Å². The van der Waals surface area contributed by atoms with Crippen LogP contribution in [0.2, 0.25) is 0 Å². The van der Waals surface area contributed by atoms with E-state index in [4.69, 9.17) is 5.73 Å². The Labute approximate surface area is 131 Å². The molecule has 22 heavy (non-hydrogen) atoms. The Morgan fingerprint density at radius 3 is 2.68 bits per heavy atom. The Hall–Kier alpha value is -2.04. The number of rotatable bonds is 5. The van der Waals surface area contributed by atoms with Crippen molar-refractivity contribution in [3.05, 3.63) is 29.8 Å². The van der Waals surface area contributed by atoms with Gasteiger partial charge in [0.1, 0.15) is 0 Å². The normalized spacial score (nSPS) is 15.6. The van der Waals surface area contributed by atoms with Crippen molar-refractivity contribution in [1.29, 1.82) is 0 Å². The van der Waals surface area contributed by atoms with E-state index >= 15 is 0 Å². The number of hydrogen-bond donors (Lipinski definition) is 2. The van der Waals surface area contributed by atoms with Gasteiger partial charge in [0, 0.05) is 36.8 Å². The lowest BCUT2D eigenvalue weighted by Crippen LogP contribution is -2.43. The van der Waals surface area contributed by atoms with Crippen LogP contribution in [-0.4, -0.2) is 36.3 Å². The average molecular weight is 303 g/mol. The minimum absolute atomic E-state index is 0.00265. The molecular weight excluding hydrogens is 278 g/mol. The molecule has 1 aliphatic heterocycles. The molecule has 5 heteroatoms. The molecule has 0 saturated carbocycles. The fourth-order valence-electron chi connectivity index (χ4n) is 2.73. The van der Waals surface area contributed by atoms with E-state index in [0.717, 1.165) is 32.2 Å². The highest BCUT2D eigenvalue weighted by atomic mass is 16.2. The first-order chi connectivity index (χ1) is 10.6. The molecule has 2 rings (SSSR count). The summed E-state index contributed by atoms with van der Waals surface area (Å²) in [4.78, 5) is 26.3. The number of carbonyl (C=O) groups excluding carboxylic acids is 2. The first-order valence-electron chi connectivity index (χ1n) is 8.04. The van der Waals surface area contributed by atoms with Gasteiger partial charge in [0.05, 0.1) is 0 Å². The topological polar surface area (TPSA) is 75.4 Å². The van der Waals surface area contributed by atoms with Crippen molar-refractivity contribution in [1.82, 2.24) is 10.2 Å². The summed E-state index contributed by atoms with van der Waals surface area (Å²) in [5, 5.41) is 2.98. The summed E-state index contributed by atoms with van der Waals surface area (Å²) in [6.45, 7) is 4.10. The van der Waals surface area contributed by atoms with Gasteiger partial charge < -0.3 is 16.0 Å². The summed E-state index contributed by atoms with van der Waals surface area (Å²) in [6.07, 6.45) is 3.55. The lowest BCUT2D eigenvalue weighted by Gasteiger charge is -2.31. The average Bonchev–Trinajstić information content (AvgIpc) is 2.54. The number of piperidine rings is 1. The van der Waals surface area contributed by atoms with Crippen molar-refractivity contribution >= 4 is 17.5 Å². The highest BCUT2D eigenvalue weighted by Crippen LogP contribution is 2.20. The summed E-state index contributed by atoms with van der Waals surface area (Å²) in [7, 11) is 0. The number of nitrogen functional groups attached to an aromatic ring is 1. The number of unbranched alkanes of at least 4 members (excludes halogenated alkanes) is 1. The van der Waals surface area contributed by atoms with Crippen LogP contribution in [0.3, 0.4) is 0 Å². The number of nitrogens with one attached hydrogen (secondary N) is 1. The molecular formula is C17H25N3O2. The molecule has 1 aromatic rings. The first kappa shape index (κ1) is 16.3. The van der Waals surface area contributed by atoms with E-state index < -0.39 is 0 Å². The van der Waals surface area contributed by atoms with Crippen LogP contribution in [0.1, 0.15) is 43.0 Å². The molecule has 1 saturated heterocycles. The molecule has 1 fully saturated rings. The molecule has 0 radical (unpaired) electrons. The standard InChI is InChI=1S/C17H25N3O2/c1-2-3-9-19-16(21)13-7-10-20(11-8-13)17(22)14-5-4-6-15(18)12-14/h4-6,12-13H,2-3,7-11,18H2,1H3,(H,19,21). The zero-order valence-electron chi connectivity index (χ0n) is 13.2. The Kier molecular flexibility index (Phi) is 5.81. The Morgan fingerprint density at radius 1 is 1.32 bits per heavy atom. The van der Waals surface area contributed by atoms with E-state index in [1.54, 1.807) is 24.3 Å². The van der Waals surface area contributed by atoms with Gasteiger partial charge in [-0.05, 0) is 37.5 Å². The van der Waals surface area contributed by atoms with E-state index in [0.29, 0.717) is 24.3 Å². The smallest absolute Gasteiger partial charge is 0.253 e. The number of amides is 2. The summed E-state index contributed by atoms with van der Waals surface area (Å²) in [5.74, 6) is 0.156. The SMILES string of the molecule is CCCCNC(=O)C1CCN(C(=O)c2cccc(N)c2)CC1. The number of likely N-dealkylation sites (tertiary alicyclic amines) is 1. The Morgan fingerprint density at radius 2 is 2.05 bits per heavy atom. The fourth-order valence-corrected chi connectivity index (χ4v) is 2.73. The molecule has 2 amide bonds. The van der Waals surface area contributed by atoms with Crippen LogP contribution >= 0.6 is 0 Å². The van der Waals surface area contributed by atoms with Gasteiger partial charge in [-0.3, -0.25) is 9.59 Å². The van der Waals surface area contributed by atoms with Crippen LogP contribution in [-0.2, 0) is 4.79 Å². The predicted molar refractivity (Wildman–Crippen MR) is 87.4 cm³/mol. The molecule has 0 atom stereocenters. The maximum Gasteiger partial charge on any atom is 0.253 e. The summed E-state index contributed by atoms with van der Waals surface area (Å²) >= 11 is 0. The van der Waals surface area contributed by atoms with E-state index in [-0.39, 0.29) is 17.7 Å². The molecule has 0 spiro atoms. The first-order valence-corrected chi connectivity index (χ1v) is 8.04. The van der Waals surface area contributed by atoms with Crippen molar-refractivity contribution < 1.29 is 9.59 Å². The molecule has 1 aliphatic rings. The molecule has 0 unspecified atom stereocenters. The quantitative estimate of drug-likeness (QED) is 0.645. The van der Waals surface area contributed by atoms with E-state index in [9.17, 15) is 9.59 Å². The number of nitrogens with two attached hydrogens (primary N) is 1. The maximum absolute atomic E-state index is 12.4. The third kappa shape index (κ3) is 4.23. The molecule has 3 N–H and O–H groups in total. The molecule has 0 aliphatic carbocycles. The molecule has 0 aromatic heterocycles. The van der Waals surface area contributed by atoms with E-state index in [1.165, 1.54) is 0 Å². The van der Waals surface area contributed by atoms with Gasteiger partial charge in [-0.2, -0.15) is 0 Å². The largest absolute Gasteiger partial charge is 0.399 e. The van der Waals surface area contributed by atoms with Crippen molar-refractivity contribution in [2.45, 2.75) is 32.6 Å². The highest BCUT2D eigenvalue weighted by molar-refractivity contribution is 5.95. The van der Waals surface area contributed by atoms with Gasteiger partial charge in [0.2, 0.25) is 5.91 Å². The van der Waals surface area contributed by atoms with Gasteiger partial charge in [0.25, 0.3) is 5.91 Å². The van der Waals surface area contributed by atoms with Gasteiger partial charge in [-0.1, -0.05) is 19.4 Å². The summed E-state index contributed by atoms with van der Waals surface area (Å²) in [5.41, 5.74) is 6.93.